The second-order valence-electron chi connectivity index (χ2n) is 7.72. The fourth-order valence-electron chi connectivity index (χ4n) is 3.88. The number of hydrogen-bond acceptors (Lipinski definition) is 0. The Bertz CT molecular complexity index is 760. The van der Waals surface area contributed by atoms with Crippen LogP contribution < -0.4 is 0 Å². The van der Waals surface area contributed by atoms with Crippen LogP contribution >= 0.6 is 0 Å². The Labute approximate surface area is 147 Å². The zero-order valence-electron chi connectivity index (χ0n) is 15.8. The summed E-state index contributed by atoms with van der Waals surface area (Å²) in [6.45, 7) is 11.5. The van der Waals surface area contributed by atoms with Crippen molar-refractivity contribution in [1.82, 2.24) is 0 Å². The van der Waals surface area contributed by atoms with E-state index in [0.717, 1.165) is 12.8 Å². The first kappa shape index (κ1) is 17.0. The summed E-state index contributed by atoms with van der Waals surface area (Å²) in [5, 5.41) is 0. The molecule has 0 spiro atoms. The van der Waals surface area contributed by atoms with Crippen molar-refractivity contribution >= 4 is 6.08 Å². The van der Waals surface area contributed by atoms with Gasteiger partial charge in [0.05, 0.1) is 0 Å². The largest absolute Gasteiger partial charge is 0.0651 e. The summed E-state index contributed by atoms with van der Waals surface area (Å²) >= 11 is 0. The van der Waals surface area contributed by atoms with Crippen molar-refractivity contribution < 1.29 is 0 Å². The van der Waals surface area contributed by atoms with Crippen LogP contribution in [-0.4, -0.2) is 0 Å². The van der Waals surface area contributed by atoms with Crippen LogP contribution in [0.5, 0.6) is 0 Å². The highest BCUT2D eigenvalue weighted by Crippen LogP contribution is 2.41. The van der Waals surface area contributed by atoms with Gasteiger partial charge in [-0.25, -0.2) is 0 Å². The molecule has 0 nitrogen and oxygen atoms in total. The molecule has 0 unspecified atom stereocenters. The third-order valence-corrected chi connectivity index (χ3v) is 5.26. The molecule has 0 radical (unpaired) electrons. The van der Waals surface area contributed by atoms with Gasteiger partial charge in [0.2, 0.25) is 0 Å². The fourth-order valence-corrected chi connectivity index (χ4v) is 3.88. The molecule has 1 aliphatic carbocycles. The lowest BCUT2D eigenvalue weighted by molar-refractivity contribution is 0.754. The van der Waals surface area contributed by atoms with E-state index in [-0.39, 0.29) is 0 Å². The maximum Gasteiger partial charge on any atom is -0.00550 e. The van der Waals surface area contributed by atoms with Gasteiger partial charge >= 0.3 is 0 Å². The summed E-state index contributed by atoms with van der Waals surface area (Å²) in [6.07, 6.45) is 5.94. The van der Waals surface area contributed by atoms with Gasteiger partial charge in [0, 0.05) is 0 Å². The highest BCUT2D eigenvalue weighted by molar-refractivity contribution is 5.85. The zero-order chi connectivity index (χ0) is 17.3. The van der Waals surface area contributed by atoms with Crippen molar-refractivity contribution in [3.63, 3.8) is 0 Å². The van der Waals surface area contributed by atoms with Gasteiger partial charge in [0.25, 0.3) is 0 Å². The molecule has 0 saturated heterocycles. The Morgan fingerprint density at radius 1 is 0.917 bits per heavy atom. The lowest BCUT2D eigenvalue weighted by Crippen LogP contribution is -1.99. The molecule has 0 amide bonds. The molecule has 0 saturated carbocycles. The normalized spacial score (nSPS) is 13.5. The van der Waals surface area contributed by atoms with Crippen LogP contribution in [0.15, 0.2) is 42.0 Å². The maximum absolute atomic E-state index is 2.48. The van der Waals surface area contributed by atoms with Crippen LogP contribution in [-0.2, 0) is 12.8 Å². The standard InChI is InChI=1S/C24H30/c1-6-9-18-12-13-19-14-20(16(2)3)15-23(19)24(18)22-11-8-7-10-21(22)17(4)5/h7-8,10-13,15-17H,6,9,14H2,1-5H3. The number of rotatable bonds is 5. The topological polar surface area (TPSA) is 0 Å². The predicted octanol–water partition coefficient (Wildman–Crippen LogP) is 7.03. The van der Waals surface area contributed by atoms with Crippen molar-refractivity contribution in [1.29, 1.82) is 0 Å². The van der Waals surface area contributed by atoms with Gasteiger partial charge in [-0.15, -0.1) is 0 Å². The predicted molar refractivity (Wildman–Crippen MR) is 106 cm³/mol. The van der Waals surface area contributed by atoms with Crippen LogP contribution in [0.4, 0.5) is 0 Å². The minimum atomic E-state index is 0.543. The number of benzene rings is 2. The summed E-state index contributed by atoms with van der Waals surface area (Å²) in [4.78, 5) is 0. The van der Waals surface area contributed by atoms with E-state index >= 15 is 0 Å². The minimum Gasteiger partial charge on any atom is -0.0651 e. The average Bonchev–Trinajstić information content (AvgIpc) is 2.99. The number of fused-ring (bicyclic) bond motifs is 1. The molecule has 1 aliphatic rings. The SMILES string of the molecule is CCCc1ccc2c(c1-c1ccccc1C(C)C)C=C(C(C)C)C2. The summed E-state index contributed by atoms with van der Waals surface area (Å²) in [5.41, 5.74) is 10.5. The first-order valence-corrected chi connectivity index (χ1v) is 9.47. The quantitative estimate of drug-likeness (QED) is 0.555. The second kappa shape index (κ2) is 6.97. The summed E-state index contributed by atoms with van der Waals surface area (Å²) < 4.78 is 0. The van der Waals surface area contributed by atoms with E-state index in [2.05, 4.69) is 77.1 Å². The lowest BCUT2D eigenvalue weighted by atomic mass is 9.85. The van der Waals surface area contributed by atoms with Crippen molar-refractivity contribution in [2.75, 3.05) is 0 Å². The van der Waals surface area contributed by atoms with E-state index in [0.29, 0.717) is 11.8 Å². The maximum atomic E-state index is 2.48. The van der Waals surface area contributed by atoms with Crippen molar-refractivity contribution in [3.05, 3.63) is 64.2 Å². The third kappa shape index (κ3) is 3.07. The van der Waals surface area contributed by atoms with Crippen LogP contribution in [0.2, 0.25) is 0 Å². The average molecular weight is 319 g/mol. The molecule has 0 aliphatic heterocycles. The van der Waals surface area contributed by atoms with E-state index in [1.165, 1.54) is 39.8 Å². The number of allylic oxidation sites excluding steroid dienone is 1. The fraction of sp³-hybridized carbons (Fsp3) is 0.417. The second-order valence-corrected chi connectivity index (χ2v) is 7.72. The summed E-state index contributed by atoms with van der Waals surface area (Å²) in [5.74, 6) is 1.17. The molecule has 0 heterocycles. The molecule has 3 rings (SSSR count). The van der Waals surface area contributed by atoms with Gasteiger partial charge < -0.3 is 0 Å². The molecule has 0 atom stereocenters. The molecular weight excluding hydrogens is 288 g/mol. The first-order chi connectivity index (χ1) is 11.5. The highest BCUT2D eigenvalue weighted by atomic mass is 14.3. The Hall–Kier alpha value is -1.82. The zero-order valence-corrected chi connectivity index (χ0v) is 15.8. The van der Waals surface area contributed by atoms with Gasteiger partial charge in [-0.1, -0.05) is 89.1 Å². The highest BCUT2D eigenvalue weighted by Gasteiger charge is 2.22. The molecule has 0 N–H and O–H groups in total. The minimum absolute atomic E-state index is 0.543. The molecular formula is C24H30. The van der Waals surface area contributed by atoms with Crippen molar-refractivity contribution in [3.8, 4) is 11.1 Å². The van der Waals surface area contributed by atoms with Gasteiger partial charge in [-0.05, 0) is 58.1 Å². The Morgan fingerprint density at radius 3 is 2.33 bits per heavy atom. The van der Waals surface area contributed by atoms with Gasteiger partial charge in [0.1, 0.15) is 0 Å². The van der Waals surface area contributed by atoms with Gasteiger partial charge in [-0.3, -0.25) is 0 Å². The van der Waals surface area contributed by atoms with Crippen LogP contribution in [0.25, 0.3) is 17.2 Å². The van der Waals surface area contributed by atoms with E-state index < -0.39 is 0 Å². The van der Waals surface area contributed by atoms with Crippen LogP contribution in [0.3, 0.4) is 0 Å². The van der Waals surface area contributed by atoms with Crippen LogP contribution in [0, 0.1) is 5.92 Å². The Balaban J connectivity index is 2.26. The Morgan fingerprint density at radius 2 is 1.67 bits per heavy atom. The first-order valence-electron chi connectivity index (χ1n) is 9.47. The van der Waals surface area contributed by atoms with Crippen LogP contribution in [0.1, 0.15) is 69.2 Å². The van der Waals surface area contributed by atoms with E-state index in [1.54, 1.807) is 5.57 Å². The van der Waals surface area contributed by atoms with E-state index in [9.17, 15) is 0 Å². The Kier molecular flexibility index (Phi) is 4.94. The molecule has 0 aromatic heterocycles. The lowest BCUT2D eigenvalue weighted by Gasteiger charge is -2.19. The van der Waals surface area contributed by atoms with Gasteiger partial charge in [0.15, 0.2) is 0 Å². The summed E-state index contributed by atoms with van der Waals surface area (Å²) in [6, 6.07) is 13.7. The molecule has 0 heteroatoms. The number of hydrogen-bond donors (Lipinski definition) is 0. The smallest absolute Gasteiger partial charge is 0.00550 e. The van der Waals surface area contributed by atoms with Gasteiger partial charge in [-0.2, -0.15) is 0 Å². The summed E-state index contributed by atoms with van der Waals surface area (Å²) in [7, 11) is 0. The van der Waals surface area contributed by atoms with Crippen molar-refractivity contribution in [2.45, 2.75) is 59.8 Å². The van der Waals surface area contributed by atoms with E-state index in [4.69, 9.17) is 0 Å². The molecule has 2 aromatic rings. The molecule has 2 aromatic carbocycles. The van der Waals surface area contributed by atoms with Crippen molar-refractivity contribution in [2.24, 2.45) is 5.92 Å². The molecule has 126 valence electrons. The number of aryl methyl sites for hydroxylation is 1. The molecule has 0 bridgehead atoms. The third-order valence-electron chi connectivity index (χ3n) is 5.26. The van der Waals surface area contributed by atoms with E-state index in [1.807, 2.05) is 0 Å². The monoisotopic (exact) mass is 318 g/mol. The molecule has 0 fully saturated rings. The molecule has 24 heavy (non-hydrogen) atoms.